The summed E-state index contributed by atoms with van der Waals surface area (Å²) < 4.78 is 5.90. The molecule has 1 fully saturated rings. The third-order valence-corrected chi connectivity index (χ3v) is 4.50. The lowest BCUT2D eigenvalue weighted by Gasteiger charge is -2.34. The molecule has 0 saturated carbocycles. The number of aromatic nitrogens is 1. The van der Waals surface area contributed by atoms with Crippen LogP contribution in [-0.4, -0.2) is 17.6 Å². The van der Waals surface area contributed by atoms with Crippen LogP contribution in [0.2, 0.25) is 0 Å². The summed E-state index contributed by atoms with van der Waals surface area (Å²) >= 11 is 0. The van der Waals surface area contributed by atoms with Gasteiger partial charge in [-0.05, 0) is 61.1 Å². The molecule has 3 nitrogen and oxygen atoms in total. The lowest BCUT2D eigenvalue weighted by molar-refractivity contribution is 0.335. The molecule has 22 heavy (non-hydrogen) atoms. The van der Waals surface area contributed by atoms with Crippen molar-refractivity contribution in [1.29, 1.82) is 0 Å². The van der Waals surface area contributed by atoms with E-state index in [9.17, 15) is 0 Å². The van der Waals surface area contributed by atoms with Gasteiger partial charge in [-0.15, -0.1) is 0 Å². The molecule has 1 aromatic carbocycles. The first kappa shape index (κ1) is 13.5. The van der Waals surface area contributed by atoms with Crippen molar-refractivity contribution in [3.63, 3.8) is 0 Å². The van der Waals surface area contributed by atoms with Crippen molar-refractivity contribution in [3.05, 3.63) is 60.4 Å². The highest BCUT2D eigenvalue weighted by Crippen LogP contribution is 2.35. The molecule has 2 aliphatic rings. The van der Waals surface area contributed by atoms with Crippen LogP contribution in [0.25, 0.3) is 5.57 Å². The molecule has 2 heterocycles. The number of hydrogen-bond acceptors (Lipinski definition) is 3. The van der Waals surface area contributed by atoms with E-state index in [0.29, 0.717) is 12.0 Å². The fourth-order valence-electron chi connectivity index (χ4n) is 3.45. The van der Waals surface area contributed by atoms with Crippen LogP contribution in [0.4, 0.5) is 0 Å². The first-order valence-electron chi connectivity index (χ1n) is 7.99. The quantitative estimate of drug-likeness (QED) is 0.927. The van der Waals surface area contributed by atoms with Gasteiger partial charge < -0.3 is 10.1 Å². The third kappa shape index (κ3) is 2.90. The van der Waals surface area contributed by atoms with Gasteiger partial charge in [0.1, 0.15) is 11.5 Å². The Balaban J connectivity index is 1.58. The number of nitrogens with one attached hydrogen (secondary N) is 1. The zero-order valence-corrected chi connectivity index (χ0v) is 12.5. The molecule has 1 aliphatic carbocycles. The summed E-state index contributed by atoms with van der Waals surface area (Å²) in [4.78, 5) is 4.36. The molecular formula is C19H20N2O. The van der Waals surface area contributed by atoms with Crippen molar-refractivity contribution < 1.29 is 4.74 Å². The van der Waals surface area contributed by atoms with Crippen molar-refractivity contribution in [2.75, 3.05) is 6.54 Å². The second-order valence-corrected chi connectivity index (χ2v) is 6.16. The zero-order valence-electron chi connectivity index (χ0n) is 12.5. The summed E-state index contributed by atoms with van der Waals surface area (Å²) in [5, 5.41) is 3.61. The number of allylic oxidation sites excluding steroid dienone is 1. The van der Waals surface area contributed by atoms with Crippen LogP contribution in [-0.2, 0) is 0 Å². The van der Waals surface area contributed by atoms with Gasteiger partial charge in [-0.25, -0.2) is 0 Å². The lowest BCUT2D eigenvalue weighted by atomic mass is 9.80. The maximum Gasteiger partial charge on any atom is 0.146 e. The predicted molar refractivity (Wildman–Crippen MR) is 87.9 cm³/mol. The fraction of sp³-hybridized carbons (Fsp3) is 0.316. The average Bonchev–Trinajstić information content (AvgIpc) is 2.56. The highest BCUT2D eigenvalue weighted by atomic mass is 16.5. The van der Waals surface area contributed by atoms with Crippen LogP contribution in [0.1, 0.15) is 24.8 Å². The number of benzene rings is 1. The molecule has 4 rings (SSSR count). The van der Waals surface area contributed by atoms with Gasteiger partial charge in [-0.3, -0.25) is 4.98 Å². The molecule has 1 N–H and O–H groups in total. The van der Waals surface area contributed by atoms with E-state index in [1.165, 1.54) is 24.0 Å². The molecule has 1 aliphatic heterocycles. The standard InChI is InChI=1S/C19H20N2O/c1-2-4-18(5-3-1)22-19-11-16(12-20-13-19)15-8-14-6-7-21-17(9-14)10-15/h1-5,8,11-14,17,21H,6-7,9-10H2. The van der Waals surface area contributed by atoms with Crippen LogP contribution in [0.5, 0.6) is 11.5 Å². The summed E-state index contributed by atoms with van der Waals surface area (Å²) in [6, 6.07) is 12.6. The monoisotopic (exact) mass is 292 g/mol. The summed E-state index contributed by atoms with van der Waals surface area (Å²) in [7, 11) is 0. The summed E-state index contributed by atoms with van der Waals surface area (Å²) in [6.45, 7) is 1.15. The van der Waals surface area contributed by atoms with E-state index in [4.69, 9.17) is 4.74 Å². The fourth-order valence-corrected chi connectivity index (χ4v) is 3.45. The van der Waals surface area contributed by atoms with Crippen molar-refractivity contribution in [3.8, 4) is 11.5 Å². The molecular weight excluding hydrogens is 272 g/mol. The number of piperidine rings is 1. The van der Waals surface area contributed by atoms with E-state index in [1.807, 2.05) is 36.5 Å². The molecule has 1 aromatic heterocycles. The number of nitrogens with zero attached hydrogens (tertiary/aromatic N) is 1. The Morgan fingerprint density at radius 3 is 2.86 bits per heavy atom. The Morgan fingerprint density at radius 2 is 2.00 bits per heavy atom. The Kier molecular flexibility index (Phi) is 3.65. The van der Waals surface area contributed by atoms with E-state index < -0.39 is 0 Å². The minimum atomic E-state index is 0.623. The summed E-state index contributed by atoms with van der Waals surface area (Å²) in [5.41, 5.74) is 2.59. The topological polar surface area (TPSA) is 34.1 Å². The first-order valence-corrected chi connectivity index (χ1v) is 7.99. The molecule has 0 radical (unpaired) electrons. The van der Waals surface area contributed by atoms with E-state index in [2.05, 4.69) is 22.4 Å². The normalized spacial score (nSPS) is 23.7. The number of para-hydroxylation sites is 1. The number of rotatable bonds is 3. The van der Waals surface area contributed by atoms with Gasteiger partial charge in [0.2, 0.25) is 0 Å². The van der Waals surface area contributed by atoms with Gasteiger partial charge in [0.15, 0.2) is 0 Å². The molecule has 0 spiro atoms. The maximum absolute atomic E-state index is 5.90. The van der Waals surface area contributed by atoms with Crippen LogP contribution >= 0.6 is 0 Å². The minimum Gasteiger partial charge on any atom is -0.456 e. The lowest BCUT2D eigenvalue weighted by Crippen LogP contribution is -2.39. The molecule has 3 heteroatoms. The Labute approximate surface area is 131 Å². The summed E-state index contributed by atoms with van der Waals surface area (Å²) in [6.07, 6.45) is 9.78. The van der Waals surface area contributed by atoms with E-state index in [1.54, 1.807) is 6.20 Å². The Bertz CT molecular complexity index is 681. The van der Waals surface area contributed by atoms with Gasteiger partial charge >= 0.3 is 0 Å². The van der Waals surface area contributed by atoms with E-state index >= 15 is 0 Å². The molecule has 2 bridgehead atoms. The molecule has 112 valence electrons. The average molecular weight is 292 g/mol. The third-order valence-electron chi connectivity index (χ3n) is 4.50. The van der Waals surface area contributed by atoms with Crippen LogP contribution in [0.15, 0.2) is 54.9 Å². The number of pyridine rings is 1. The van der Waals surface area contributed by atoms with Crippen LogP contribution in [0, 0.1) is 5.92 Å². The molecule has 2 atom stereocenters. The smallest absolute Gasteiger partial charge is 0.146 e. The predicted octanol–water partition coefficient (Wildman–Crippen LogP) is 4.03. The first-order chi connectivity index (χ1) is 10.9. The van der Waals surface area contributed by atoms with Gasteiger partial charge in [0.05, 0.1) is 6.20 Å². The largest absolute Gasteiger partial charge is 0.456 e. The van der Waals surface area contributed by atoms with Crippen molar-refractivity contribution >= 4 is 5.57 Å². The second-order valence-electron chi connectivity index (χ2n) is 6.16. The van der Waals surface area contributed by atoms with Gasteiger partial charge in [-0.2, -0.15) is 0 Å². The Hall–Kier alpha value is -2.13. The van der Waals surface area contributed by atoms with Crippen molar-refractivity contribution in [1.82, 2.24) is 10.3 Å². The number of ether oxygens (including phenoxy) is 1. The highest BCUT2D eigenvalue weighted by Gasteiger charge is 2.26. The van der Waals surface area contributed by atoms with Gasteiger partial charge in [0.25, 0.3) is 0 Å². The molecule has 2 unspecified atom stereocenters. The molecule has 0 amide bonds. The molecule has 1 saturated heterocycles. The SMILES string of the molecule is C1=C(c2cncc(Oc3ccccc3)c2)CC2CC1CCN2. The zero-order chi connectivity index (χ0) is 14.8. The van der Waals surface area contributed by atoms with Crippen LogP contribution < -0.4 is 10.1 Å². The van der Waals surface area contributed by atoms with E-state index in [0.717, 1.165) is 24.5 Å². The molecule has 2 aromatic rings. The van der Waals surface area contributed by atoms with E-state index in [-0.39, 0.29) is 0 Å². The minimum absolute atomic E-state index is 0.623. The highest BCUT2D eigenvalue weighted by molar-refractivity contribution is 5.67. The van der Waals surface area contributed by atoms with Gasteiger partial charge in [-0.1, -0.05) is 24.3 Å². The maximum atomic E-state index is 5.90. The van der Waals surface area contributed by atoms with Crippen LogP contribution in [0.3, 0.4) is 0 Å². The van der Waals surface area contributed by atoms with Crippen molar-refractivity contribution in [2.45, 2.75) is 25.3 Å². The van der Waals surface area contributed by atoms with Crippen molar-refractivity contribution in [2.24, 2.45) is 5.92 Å². The number of fused-ring (bicyclic) bond motifs is 2. The summed E-state index contributed by atoms with van der Waals surface area (Å²) in [5.74, 6) is 2.36. The number of hydrogen-bond donors (Lipinski definition) is 1. The van der Waals surface area contributed by atoms with Gasteiger partial charge in [0, 0.05) is 12.2 Å². The second kappa shape index (κ2) is 5.93. The Morgan fingerprint density at radius 1 is 1.09 bits per heavy atom.